The van der Waals surface area contributed by atoms with Gasteiger partial charge in [0.15, 0.2) is 0 Å². The lowest BCUT2D eigenvalue weighted by molar-refractivity contribution is -0.126. The molecular weight excluding hydrogens is 446 g/mol. The van der Waals surface area contributed by atoms with E-state index in [0.29, 0.717) is 5.56 Å². The van der Waals surface area contributed by atoms with E-state index in [4.69, 9.17) is 0 Å². The minimum atomic E-state index is -0.526. The number of nitrogens with one attached hydrogen (secondary N) is 2. The molecule has 0 radical (unpaired) electrons. The van der Waals surface area contributed by atoms with E-state index in [0.717, 1.165) is 15.6 Å². The molecule has 0 aliphatic carbocycles. The summed E-state index contributed by atoms with van der Waals surface area (Å²) in [7, 11) is 0. The average molecular weight is 466 g/mol. The molecule has 152 valence electrons. The van der Waals surface area contributed by atoms with Crippen molar-refractivity contribution >= 4 is 34.0 Å². The number of hydrazone groups is 1. The van der Waals surface area contributed by atoms with Crippen LogP contribution in [0.3, 0.4) is 0 Å². The highest BCUT2D eigenvalue weighted by Gasteiger charge is 2.22. The topological polar surface area (TPSA) is 90.8 Å². The van der Waals surface area contributed by atoms with Crippen molar-refractivity contribution < 1.29 is 14.7 Å². The molecule has 30 heavy (non-hydrogen) atoms. The number of phenols is 1. The van der Waals surface area contributed by atoms with Crippen molar-refractivity contribution in [3.63, 3.8) is 0 Å². The molecular formula is C23H20BrN3O3. The molecule has 0 spiro atoms. The molecule has 0 fully saturated rings. The molecule has 0 aromatic heterocycles. The van der Waals surface area contributed by atoms with E-state index in [1.54, 1.807) is 12.1 Å². The summed E-state index contributed by atoms with van der Waals surface area (Å²) >= 11 is 3.30. The van der Waals surface area contributed by atoms with E-state index in [1.807, 2.05) is 60.7 Å². The molecule has 0 saturated heterocycles. The number of halogens is 1. The van der Waals surface area contributed by atoms with Gasteiger partial charge in [0, 0.05) is 10.0 Å². The zero-order valence-corrected chi connectivity index (χ0v) is 17.5. The summed E-state index contributed by atoms with van der Waals surface area (Å²) in [6.07, 6.45) is 1.33. The lowest BCUT2D eigenvalue weighted by Gasteiger charge is -2.17. The Labute approximate surface area is 182 Å². The maximum absolute atomic E-state index is 12.9. The van der Waals surface area contributed by atoms with Gasteiger partial charge in [-0.25, -0.2) is 5.43 Å². The van der Waals surface area contributed by atoms with Crippen LogP contribution >= 0.6 is 15.9 Å². The first-order valence-electron chi connectivity index (χ1n) is 9.22. The first-order valence-corrected chi connectivity index (χ1v) is 10.0. The monoisotopic (exact) mass is 465 g/mol. The van der Waals surface area contributed by atoms with Gasteiger partial charge in [-0.2, -0.15) is 5.10 Å². The minimum Gasteiger partial charge on any atom is -0.507 e. The fourth-order valence-electron chi connectivity index (χ4n) is 2.90. The fourth-order valence-corrected chi connectivity index (χ4v) is 3.28. The van der Waals surface area contributed by atoms with E-state index >= 15 is 0 Å². The maximum atomic E-state index is 12.9. The number of amides is 2. The SMILES string of the molecule is O=C(CNC(=O)C(c1ccccc1)c1ccccc1)N/N=C\c1cc(Br)ccc1O. The number of rotatable bonds is 7. The second kappa shape index (κ2) is 10.4. The van der Waals surface area contributed by atoms with Gasteiger partial charge < -0.3 is 10.4 Å². The van der Waals surface area contributed by atoms with Crippen LogP contribution in [0.5, 0.6) is 5.75 Å². The van der Waals surface area contributed by atoms with Gasteiger partial charge in [0.05, 0.1) is 18.7 Å². The van der Waals surface area contributed by atoms with Gasteiger partial charge in [0.1, 0.15) is 5.75 Å². The van der Waals surface area contributed by atoms with Crippen molar-refractivity contribution in [3.05, 3.63) is 100 Å². The Morgan fingerprint density at radius 1 is 0.967 bits per heavy atom. The van der Waals surface area contributed by atoms with E-state index in [9.17, 15) is 14.7 Å². The summed E-state index contributed by atoms with van der Waals surface area (Å²) in [6, 6.07) is 23.7. The Hall–Kier alpha value is -3.45. The van der Waals surface area contributed by atoms with Gasteiger partial charge in [-0.05, 0) is 29.3 Å². The van der Waals surface area contributed by atoms with Crippen molar-refractivity contribution in [2.24, 2.45) is 5.10 Å². The number of benzene rings is 3. The minimum absolute atomic E-state index is 0.0399. The Kier molecular flexibility index (Phi) is 7.34. The van der Waals surface area contributed by atoms with Crippen molar-refractivity contribution in [2.75, 3.05) is 6.54 Å². The standard InChI is InChI=1S/C23H20BrN3O3/c24-19-11-12-20(28)18(13-19)14-26-27-21(29)15-25-23(30)22(16-7-3-1-4-8-16)17-9-5-2-6-10-17/h1-14,22,28H,15H2,(H,25,30)(H,27,29)/b26-14-. The molecule has 7 heteroatoms. The van der Waals surface area contributed by atoms with Crippen molar-refractivity contribution in [3.8, 4) is 5.75 Å². The number of phenolic OH excluding ortho intramolecular Hbond substituents is 1. The first-order chi connectivity index (χ1) is 14.5. The van der Waals surface area contributed by atoms with Crippen molar-refractivity contribution in [2.45, 2.75) is 5.92 Å². The predicted octanol–water partition coefficient (Wildman–Crippen LogP) is 3.55. The molecule has 0 bridgehead atoms. The summed E-state index contributed by atoms with van der Waals surface area (Å²) in [6.45, 7) is -0.225. The molecule has 3 N–H and O–H groups in total. The molecule has 0 saturated carbocycles. The van der Waals surface area contributed by atoms with E-state index < -0.39 is 11.8 Å². The number of carbonyl (C=O) groups excluding carboxylic acids is 2. The Morgan fingerprint density at radius 2 is 1.57 bits per heavy atom. The maximum Gasteiger partial charge on any atom is 0.259 e. The van der Waals surface area contributed by atoms with Gasteiger partial charge in [-0.1, -0.05) is 76.6 Å². The molecule has 3 rings (SSSR count). The Morgan fingerprint density at radius 3 is 2.17 bits per heavy atom. The normalized spacial score (nSPS) is 10.9. The zero-order chi connectivity index (χ0) is 21.3. The molecule has 2 amide bonds. The van der Waals surface area contributed by atoms with Crippen LogP contribution in [0, 0.1) is 0 Å². The first kappa shape index (κ1) is 21.3. The summed E-state index contributed by atoms with van der Waals surface area (Å²) in [5, 5.41) is 16.3. The molecule has 0 aliphatic heterocycles. The molecule has 3 aromatic rings. The van der Waals surface area contributed by atoms with Crippen LogP contribution in [0.2, 0.25) is 0 Å². The van der Waals surface area contributed by atoms with E-state index in [1.165, 1.54) is 12.3 Å². The molecule has 0 aliphatic rings. The fraction of sp³-hybridized carbons (Fsp3) is 0.0870. The van der Waals surface area contributed by atoms with E-state index in [2.05, 4.69) is 31.8 Å². The van der Waals surface area contributed by atoms with Crippen molar-refractivity contribution in [1.29, 1.82) is 0 Å². The molecule has 0 unspecified atom stereocenters. The van der Waals surface area contributed by atoms with E-state index in [-0.39, 0.29) is 18.2 Å². The summed E-state index contributed by atoms with van der Waals surface area (Å²) in [4.78, 5) is 24.9. The Balaban J connectivity index is 1.62. The smallest absolute Gasteiger partial charge is 0.259 e. The van der Waals surface area contributed by atoms with Crippen LogP contribution in [0.1, 0.15) is 22.6 Å². The van der Waals surface area contributed by atoms with Crippen LogP contribution in [-0.2, 0) is 9.59 Å². The molecule has 3 aromatic carbocycles. The highest BCUT2D eigenvalue weighted by atomic mass is 79.9. The summed E-state index contributed by atoms with van der Waals surface area (Å²) in [5.74, 6) is -1.24. The van der Waals surface area contributed by atoms with Crippen LogP contribution in [-0.4, -0.2) is 29.7 Å². The third kappa shape index (κ3) is 5.78. The second-order valence-corrected chi connectivity index (χ2v) is 7.38. The third-order valence-corrected chi connectivity index (χ3v) is 4.83. The van der Waals surface area contributed by atoms with Crippen LogP contribution in [0.4, 0.5) is 0 Å². The number of hydrogen-bond donors (Lipinski definition) is 3. The molecule has 0 atom stereocenters. The van der Waals surface area contributed by atoms with Crippen LogP contribution in [0.15, 0.2) is 88.4 Å². The van der Waals surface area contributed by atoms with Crippen LogP contribution < -0.4 is 10.7 Å². The predicted molar refractivity (Wildman–Crippen MR) is 119 cm³/mol. The number of hydrogen-bond acceptors (Lipinski definition) is 4. The second-order valence-electron chi connectivity index (χ2n) is 6.47. The highest BCUT2D eigenvalue weighted by Crippen LogP contribution is 2.24. The summed E-state index contributed by atoms with van der Waals surface area (Å²) < 4.78 is 0.771. The number of carbonyl (C=O) groups is 2. The Bertz CT molecular complexity index is 1000. The zero-order valence-electron chi connectivity index (χ0n) is 16.0. The lowest BCUT2D eigenvalue weighted by atomic mass is 9.90. The van der Waals surface area contributed by atoms with Crippen LogP contribution in [0.25, 0.3) is 0 Å². The lowest BCUT2D eigenvalue weighted by Crippen LogP contribution is -2.37. The molecule has 0 heterocycles. The third-order valence-electron chi connectivity index (χ3n) is 4.33. The quantitative estimate of drug-likeness (QED) is 0.368. The van der Waals surface area contributed by atoms with Gasteiger partial charge in [-0.3, -0.25) is 9.59 Å². The van der Waals surface area contributed by atoms with Gasteiger partial charge in [-0.15, -0.1) is 0 Å². The number of nitrogens with zero attached hydrogens (tertiary/aromatic N) is 1. The van der Waals surface area contributed by atoms with Gasteiger partial charge in [0.2, 0.25) is 5.91 Å². The van der Waals surface area contributed by atoms with Gasteiger partial charge >= 0.3 is 0 Å². The molecule has 6 nitrogen and oxygen atoms in total. The summed E-state index contributed by atoms with van der Waals surface area (Å²) in [5.41, 5.74) is 4.46. The number of aromatic hydroxyl groups is 1. The van der Waals surface area contributed by atoms with Gasteiger partial charge in [0.25, 0.3) is 5.91 Å². The largest absolute Gasteiger partial charge is 0.507 e. The average Bonchev–Trinajstić information content (AvgIpc) is 2.76. The van der Waals surface area contributed by atoms with Crippen molar-refractivity contribution in [1.82, 2.24) is 10.7 Å². The highest BCUT2D eigenvalue weighted by molar-refractivity contribution is 9.10.